The predicted octanol–water partition coefficient (Wildman–Crippen LogP) is 4.67. The van der Waals surface area contributed by atoms with Gasteiger partial charge in [0.15, 0.2) is 0 Å². The van der Waals surface area contributed by atoms with Gasteiger partial charge in [0.2, 0.25) is 0 Å². The van der Waals surface area contributed by atoms with Crippen LogP contribution in [0.4, 0.5) is 0 Å². The fraction of sp³-hybridized carbons (Fsp3) is 0.310. The van der Waals surface area contributed by atoms with Gasteiger partial charge in [-0.25, -0.2) is 0 Å². The molecule has 0 bridgehead atoms. The van der Waals surface area contributed by atoms with E-state index in [0.29, 0.717) is 0 Å². The molecule has 0 heterocycles. The van der Waals surface area contributed by atoms with Gasteiger partial charge in [0.25, 0.3) is 0 Å². The fourth-order valence-corrected chi connectivity index (χ4v) is 8.66. The van der Waals surface area contributed by atoms with Crippen molar-refractivity contribution in [2.24, 2.45) is 0 Å². The average Bonchev–Trinajstić information content (AvgIpc) is 2.84. The molecule has 3 heteroatoms. The van der Waals surface area contributed by atoms with Gasteiger partial charge in [-0.05, 0) is 55.7 Å². The van der Waals surface area contributed by atoms with Gasteiger partial charge in [-0.15, -0.1) is 0 Å². The molecule has 0 saturated carbocycles. The smallest absolute Gasteiger partial charge is 0.115 e. The molecule has 3 aromatic carbocycles. The molecule has 0 aliphatic carbocycles. The molecule has 0 spiro atoms. The normalized spacial score (nSPS) is 11.4. The zero-order chi connectivity index (χ0) is 21.6. The van der Waals surface area contributed by atoms with Gasteiger partial charge in [0.05, 0.1) is 6.16 Å². The van der Waals surface area contributed by atoms with Crippen LogP contribution in [0.25, 0.3) is 0 Å². The molecule has 0 fully saturated rings. The van der Waals surface area contributed by atoms with Crippen LogP contribution in [-0.2, 0) is 0 Å². The Hall–Kier alpha value is -1.21. The fourth-order valence-electron chi connectivity index (χ4n) is 4.23. The molecule has 0 radical (unpaired) electrons. The second-order valence-electron chi connectivity index (χ2n) is 8.07. The highest BCUT2D eigenvalue weighted by Crippen LogP contribution is 2.55. The Kier molecular flexibility index (Phi) is 13.2. The van der Waals surface area contributed by atoms with Crippen molar-refractivity contribution in [3.05, 3.63) is 103 Å². The Balaban J connectivity index is 0.00000363. The van der Waals surface area contributed by atoms with Crippen molar-refractivity contribution in [3.8, 4) is 0 Å². The van der Waals surface area contributed by atoms with Gasteiger partial charge in [0, 0.05) is 5.33 Å². The average molecular weight is 574 g/mol. The van der Waals surface area contributed by atoms with Crippen LogP contribution in [0.5, 0.6) is 0 Å². The van der Waals surface area contributed by atoms with Gasteiger partial charge in [-0.1, -0.05) is 108 Å². The summed E-state index contributed by atoms with van der Waals surface area (Å²) in [4.78, 5) is 0. The Morgan fingerprint density at radius 2 is 0.938 bits per heavy atom. The minimum atomic E-state index is -1.72. The van der Waals surface area contributed by atoms with Crippen molar-refractivity contribution in [1.29, 1.82) is 0 Å². The van der Waals surface area contributed by atoms with Gasteiger partial charge in [-0.2, -0.15) is 0 Å². The first-order valence-corrected chi connectivity index (χ1v) is 14.7. The summed E-state index contributed by atoms with van der Waals surface area (Å²) in [6, 6.07) is 33.5. The summed E-state index contributed by atoms with van der Waals surface area (Å²) in [5.74, 6) is 0. The van der Waals surface area contributed by atoms with E-state index in [0.717, 1.165) is 11.5 Å². The van der Waals surface area contributed by atoms with Gasteiger partial charge >= 0.3 is 0 Å². The number of unbranched alkanes of at least 4 members (excludes halogenated alkanes) is 6. The lowest BCUT2D eigenvalue weighted by atomic mass is 10.1. The third-order valence-corrected chi connectivity index (χ3v) is 10.7. The van der Waals surface area contributed by atoms with E-state index in [1.807, 2.05) is 0 Å². The van der Waals surface area contributed by atoms with E-state index in [2.05, 4.69) is 119 Å². The first kappa shape index (κ1) is 27.0. The highest BCUT2D eigenvalue weighted by atomic mass is 79.9. The lowest BCUT2D eigenvalue weighted by Crippen LogP contribution is -3.00. The molecule has 3 rings (SSSR count). The van der Waals surface area contributed by atoms with Crippen molar-refractivity contribution < 1.29 is 17.0 Å². The third-order valence-electron chi connectivity index (χ3n) is 5.89. The molecule has 0 nitrogen and oxygen atoms in total. The third kappa shape index (κ3) is 7.68. The van der Waals surface area contributed by atoms with Gasteiger partial charge < -0.3 is 17.0 Å². The molecule has 0 aliphatic heterocycles. The number of hydrogen-bond acceptors (Lipinski definition) is 0. The number of rotatable bonds is 13. The van der Waals surface area contributed by atoms with Crippen molar-refractivity contribution in [2.45, 2.75) is 44.9 Å². The molecule has 32 heavy (non-hydrogen) atoms. The van der Waals surface area contributed by atoms with E-state index >= 15 is 0 Å². The van der Waals surface area contributed by atoms with Gasteiger partial charge in [-0.3, -0.25) is 0 Å². The van der Waals surface area contributed by atoms with Crippen LogP contribution in [-0.4, -0.2) is 11.5 Å². The second kappa shape index (κ2) is 15.6. The van der Waals surface area contributed by atoms with E-state index in [4.69, 9.17) is 0 Å². The summed E-state index contributed by atoms with van der Waals surface area (Å²) >= 11 is 3.52. The summed E-state index contributed by atoms with van der Waals surface area (Å²) in [6.45, 7) is 0. The van der Waals surface area contributed by atoms with Crippen molar-refractivity contribution in [3.63, 3.8) is 0 Å². The second-order valence-corrected chi connectivity index (χ2v) is 12.4. The molecule has 0 aliphatic rings. The molecule has 0 aromatic heterocycles. The quantitative estimate of drug-likeness (QED) is 0.121. The maximum absolute atomic E-state index is 3.52. The molecule has 0 saturated heterocycles. The van der Waals surface area contributed by atoms with Crippen LogP contribution in [0, 0.1) is 0 Å². The zero-order valence-electron chi connectivity index (χ0n) is 18.9. The molecule has 0 unspecified atom stereocenters. The zero-order valence-corrected chi connectivity index (χ0v) is 22.9. The number of halogens is 2. The van der Waals surface area contributed by atoms with Crippen LogP contribution >= 0.6 is 23.2 Å². The Bertz CT molecular complexity index is 782. The highest BCUT2D eigenvalue weighted by molar-refractivity contribution is 9.09. The summed E-state index contributed by atoms with van der Waals surface area (Å²) in [5.41, 5.74) is 0. The first-order valence-electron chi connectivity index (χ1n) is 11.6. The number of benzene rings is 3. The van der Waals surface area contributed by atoms with Gasteiger partial charge in [0.1, 0.15) is 23.2 Å². The largest absolute Gasteiger partial charge is 1.00 e. The van der Waals surface area contributed by atoms with Crippen LogP contribution in [0.15, 0.2) is 103 Å². The number of hydrogen-bond donors (Lipinski definition) is 0. The topological polar surface area (TPSA) is 0 Å². The van der Waals surface area contributed by atoms with E-state index in [-0.39, 0.29) is 17.0 Å². The summed E-state index contributed by atoms with van der Waals surface area (Å²) in [6.07, 6.45) is 15.2. The minimum Gasteiger partial charge on any atom is -1.00 e. The van der Waals surface area contributed by atoms with Crippen LogP contribution < -0.4 is 32.9 Å². The van der Waals surface area contributed by atoms with Crippen molar-refractivity contribution >= 4 is 39.1 Å². The lowest BCUT2D eigenvalue weighted by Gasteiger charge is -2.26. The summed E-state index contributed by atoms with van der Waals surface area (Å²) < 4.78 is 0. The van der Waals surface area contributed by atoms with E-state index in [1.165, 1.54) is 60.9 Å². The van der Waals surface area contributed by atoms with E-state index in [9.17, 15) is 0 Å². The highest BCUT2D eigenvalue weighted by Gasteiger charge is 2.43. The Labute approximate surface area is 214 Å². The maximum Gasteiger partial charge on any atom is 0.115 e. The molecule has 170 valence electrons. The molecular weight excluding hydrogens is 539 g/mol. The Morgan fingerprint density at radius 3 is 1.38 bits per heavy atom. The minimum absolute atomic E-state index is 0. The summed E-state index contributed by atoms with van der Waals surface area (Å²) in [7, 11) is -1.72. The standard InChI is InChI=1S/C29H35BrP.BrH/c30-25-17-6-4-2-1-3-5-7-18-26-31(27-19-11-8-12-20-27,28-21-13-9-14-22-28)29-23-15-10-16-24-29;/h7-16,18-24H,1-6,17,25-26H2;1H/q+1;/p-1. The van der Waals surface area contributed by atoms with Crippen molar-refractivity contribution in [1.82, 2.24) is 0 Å². The SMILES string of the molecule is BrCCCCCCCCC=CC[P+](c1ccccc1)(c1ccccc1)c1ccccc1.[Br-]. The van der Waals surface area contributed by atoms with Crippen LogP contribution in [0.3, 0.4) is 0 Å². The molecule has 0 N–H and O–H groups in total. The van der Waals surface area contributed by atoms with Crippen molar-refractivity contribution in [2.75, 3.05) is 11.5 Å². The van der Waals surface area contributed by atoms with Crippen LogP contribution in [0.2, 0.25) is 0 Å². The molecule has 0 amide bonds. The van der Waals surface area contributed by atoms with E-state index < -0.39 is 7.26 Å². The van der Waals surface area contributed by atoms with Crippen LogP contribution in [0.1, 0.15) is 44.9 Å². The monoisotopic (exact) mass is 572 g/mol. The molecule has 3 aromatic rings. The lowest BCUT2D eigenvalue weighted by molar-refractivity contribution is -0.00000607. The Morgan fingerprint density at radius 1 is 0.531 bits per heavy atom. The molecule has 0 atom stereocenters. The number of allylic oxidation sites excluding steroid dienone is 2. The maximum atomic E-state index is 3.52. The predicted molar refractivity (Wildman–Crippen MR) is 145 cm³/mol. The van der Waals surface area contributed by atoms with E-state index in [1.54, 1.807) is 0 Å². The summed E-state index contributed by atoms with van der Waals surface area (Å²) in [5, 5.41) is 5.53. The first-order chi connectivity index (χ1) is 15.4. The molecular formula is C29H35Br2P. The number of alkyl halides is 1.